The summed E-state index contributed by atoms with van der Waals surface area (Å²) in [6, 6.07) is 9.60. The molecule has 0 saturated heterocycles. The van der Waals surface area contributed by atoms with Crippen molar-refractivity contribution in [2.75, 3.05) is 0 Å². The van der Waals surface area contributed by atoms with E-state index in [9.17, 15) is 13.2 Å². The maximum absolute atomic E-state index is 12.1. The van der Waals surface area contributed by atoms with Crippen LogP contribution < -0.4 is 10.2 Å². The van der Waals surface area contributed by atoms with Gasteiger partial charge in [-0.2, -0.15) is 0 Å². The molecule has 0 atom stereocenters. The summed E-state index contributed by atoms with van der Waals surface area (Å²) in [5.74, 6) is -0.329. The Bertz CT molecular complexity index is 630. The van der Waals surface area contributed by atoms with Crippen molar-refractivity contribution in [2.45, 2.75) is 6.36 Å². The molecule has 0 fully saturated rings. The quantitative estimate of drug-likeness (QED) is 0.856. The number of hydrogen-bond donors (Lipinski definition) is 2. The Morgan fingerprint density at radius 2 is 1.62 bits per heavy atom. The molecule has 2 N–H and O–H groups in total. The second-order valence-corrected chi connectivity index (χ2v) is 4.59. The summed E-state index contributed by atoms with van der Waals surface area (Å²) in [5, 5.41) is 18.3. The highest BCUT2D eigenvalue weighted by atomic mass is 35.5. The lowest BCUT2D eigenvalue weighted by molar-refractivity contribution is -0.274. The van der Waals surface area contributed by atoms with Crippen molar-refractivity contribution in [2.24, 2.45) is 0 Å². The fourth-order valence-electron chi connectivity index (χ4n) is 1.76. The average Bonchev–Trinajstić information content (AvgIpc) is 2.38. The highest BCUT2D eigenvalue weighted by Gasteiger charge is 2.31. The molecule has 0 saturated carbocycles. The predicted octanol–water partition coefficient (Wildman–Crippen LogP) is 2.59. The summed E-state index contributed by atoms with van der Waals surface area (Å²) >= 11 is 6.02. The van der Waals surface area contributed by atoms with E-state index < -0.39 is 13.5 Å². The molecule has 8 heteroatoms. The molecule has 0 heterocycles. The largest absolute Gasteiger partial charge is 0.573 e. The molecule has 0 spiro atoms. The van der Waals surface area contributed by atoms with E-state index in [-0.39, 0.29) is 16.2 Å². The summed E-state index contributed by atoms with van der Waals surface area (Å²) in [6.45, 7) is 0. The van der Waals surface area contributed by atoms with Crippen LogP contribution >= 0.6 is 11.6 Å². The van der Waals surface area contributed by atoms with E-state index in [4.69, 9.17) is 21.6 Å². The molecule has 3 nitrogen and oxygen atoms in total. The third-order valence-electron chi connectivity index (χ3n) is 2.69. The summed E-state index contributed by atoms with van der Waals surface area (Å²) in [4.78, 5) is 0. The number of alkyl halides is 3. The zero-order valence-corrected chi connectivity index (χ0v) is 11.2. The van der Waals surface area contributed by atoms with Crippen LogP contribution in [0.1, 0.15) is 0 Å². The Labute approximate surface area is 123 Å². The maximum atomic E-state index is 12.1. The molecule has 0 bridgehead atoms. The highest BCUT2D eigenvalue weighted by Crippen LogP contribution is 2.30. The predicted molar refractivity (Wildman–Crippen MR) is 73.4 cm³/mol. The summed E-state index contributed by atoms with van der Waals surface area (Å²) in [6.07, 6.45) is -4.74. The molecule has 21 heavy (non-hydrogen) atoms. The van der Waals surface area contributed by atoms with Gasteiger partial charge >= 0.3 is 13.5 Å². The van der Waals surface area contributed by atoms with Crippen LogP contribution in [0.5, 0.6) is 5.75 Å². The van der Waals surface area contributed by atoms with Crippen molar-refractivity contribution in [3.8, 4) is 16.9 Å². The van der Waals surface area contributed by atoms with E-state index in [1.165, 1.54) is 36.4 Å². The van der Waals surface area contributed by atoms with Crippen LogP contribution in [-0.4, -0.2) is 23.5 Å². The van der Waals surface area contributed by atoms with E-state index in [2.05, 4.69) is 4.74 Å². The first kappa shape index (κ1) is 15.7. The summed E-state index contributed by atoms with van der Waals surface area (Å²) in [7, 11) is -1.64. The van der Waals surface area contributed by atoms with Crippen LogP contribution in [0.3, 0.4) is 0 Å². The molecular formula is C13H9BClF3O3. The minimum Gasteiger partial charge on any atom is -0.423 e. The maximum Gasteiger partial charge on any atom is 0.573 e. The van der Waals surface area contributed by atoms with Crippen molar-refractivity contribution in [1.82, 2.24) is 0 Å². The second-order valence-electron chi connectivity index (χ2n) is 4.19. The van der Waals surface area contributed by atoms with Gasteiger partial charge < -0.3 is 14.8 Å². The van der Waals surface area contributed by atoms with Crippen molar-refractivity contribution in [3.05, 3.63) is 47.5 Å². The standard InChI is InChI=1S/C13H9BClF3O3/c15-12-7-9(14(19)20)3-6-11(12)8-1-4-10(5-2-8)21-13(16,17)18/h1-7,19-20H. The summed E-state index contributed by atoms with van der Waals surface area (Å²) < 4.78 is 39.9. The first-order chi connectivity index (χ1) is 9.76. The van der Waals surface area contributed by atoms with Gasteiger partial charge in [-0.15, -0.1) is 13.2 Å². The van der Waals surface area contributed by atoms with Crippen molar-refractivity contribution < 1.29 is 28.0 Å². The van der Waals surface area contributed by atoms with Gasteiger partial charge in [-0.25, -0.2) is 0 Å². The molecule has 0 aliphatic rings. The van der Waals surface area contributed by atoms with E-state index in [1.807, 2.05) is 0 Å². The van der Waals surface area contributed by atoms with Gasteiger partial charge in [0, 0.05) is 10.6 Å². The average molecular weight is 316 g/mol. The van der Waals surface area contributed by atoms with E-state index >= 15 is 0 Å². The Balaban J connectivity index is 2.27. The second kappa shape index (κ2) is 5.97. The highest BCUT2D eigenvalue weighted by molar-refractivity contribution is 6.59. The van der Waals surface area contributed by atoms with Crippen LogP contribution in [0.2, 0.25) is 5.02 Å². The lowest BCUT2D eigenvalue weighted by Gasteiger charge is -2.10. The van der Waals surface area contributed by atoms with Gasteiger partial charge in [-0.05, 0) is 29.2 Å². The lowest BCUT2D eigenvalue weighted by Crippen LogP contribution is -2.29. The lowest BCUT2D eigenvalue weighted by atomic mass is 9.80. The molecule has 2 aromatic rings. The van der Waals surface area contributed by atoms with Crippen LogP contribution in [0.4, 0.5) is 13.2 Å². The summed E-state index contributed by atoms with van der Waals surface area (Å²) in [5.41, 5.74) is 1.36. The number of ether oxygens (including phenoxy) is 1. The molecule has 2 rings (SSSR count). The Hall–Kier alpha value is -1.70. The minimum absolute atomic E-state index is 0.223. The zero-order valence-electron chi connectivity index (χ0n) is 10.4. The molecule has 0 amide bonds. The molecule has 0 aromatic heterocycles. The number of halogens is 4. The van der Waals surface area contributed by atoms with Crippen molar-refractivity contribution in [1.29, 1.82) is 0 Å². The Kier molecular flexibility index (Phi) is 4.46. The fraction of sp³-hybridized carbons (Fsp3) is 0.0769. The number of rotatable bonds is 3. The van der Waals surface area contributed by atoms with E-state index in [0.29, 0.717) is 11.1 Å². The van der Waals surface area contributed by atoms with Gasteiger partial charge in [0.25, 0.3) is 0 Å². The van der Waals surface area contributed by atoms with Crippen LogP contribution in [0, 0.1) is 0 Å². The first-order valence-corrected chi connectivity index (χ1v) is 6.16. The molecule has 0 aliphatic heterocycles. The minimum atomic E-state index is -4.74. The Morgan fingerprint density at radius 1 is 1.00 bits per heavy atom. The SMILES string of the molecule is OB(O)c1ccc(-c2ccc(OC(F)(F)F)cc2)c(Cl)c1. The number of benzene rings is 2. The first-order valence-electron chi connectivity index (χ1n) is 5.78. The van der Waals surface area contributed by atoms with Gasteiger partial charge in [0.1, 0.15) is 5.75 Å². The molecule has 0 radical (unpaired) electrons. The van der Waals surface area contributed by atoms with Gasteiger partial charge in [-0.1, -0.05) is 35.9 Å². The van der Waals surface area contributed by atoms with Crippen molar-refractivity contribution >= 4 is 24.2 Å². The fourth-order valence-corrected chi connectivity index (χ4v) is 2.06. The molecule has 110 valence electrons. The third kappa shape index (κ3) is 4.14. The topological polar surface area (TPSA) is 49.7 Å². The van der Waals surface area contributed by atoms with Gasteiger partial charge in [0.15, 0.2) is 0 Å². The van der Waals surface area contributed by atoms with Crippen LogP contribution in [-0.2, 0) is 0 Å². The molecular weight excluding hydrogens is 307 g/mol. The number of hydrogen-bond acceptors (Lipinski definition) is 3. The van der Waals surface area contributed by atoms with Crippen LogP contribution in [0.25, 0.3) is 11.1 Å². The Morgan fingerprint density at radius 3 is 2.10 bits per heavy atom. The zero-order chi connectivity index (χ0) is 15.6. The van der Waals surface area contributed by atoms with Crippen molar-refractivity contribution in [3.63, 3.8) is 0 Å². The van der Waals surface area contributed by atoms with E-state index in [1.54, 1.807) is 6.07 Å². The third-order valence-corrected chi connectivity index (χ3v) is 3.00. The smallest absolute Gasteiger partial charge is 0.423 e. The van der Waals surface area contributed by atoms with Crippen LogP contribution in [0.15, 0.2) is 42.5 Å². The monoisotopic (exact) mass is 316 g/mol. The van der Waals surface area contributed by atoms with Gasteiger partial charge in [-0.3, -0.25) is 0 Å². The molecule has 0 aliphatic carbocycles. The molecule has 2 aromatic carbocycles. The van der Waals surface area contributed by atoms with Gasteiger partial charge in [0.2, 0.25) is 0 Å². The normalized spacial score (nSPS) is 11.3. The molecule has 0 unspecified atom stereocenters. The van der Waals surface area contributed by atoms with Gasteiger partial charge in [0.05, 0.1) is 0 Å². The van der Waals surface area contributed by atoms with E-state index in [0.717, 1.165) is 0 Å².